The van der Waals surface area contributed by atoms with Crippen LogP contribution in [-0.4, -0.2) is 12.3 Å². The van der Waals surface area contributed by atoms with E-state index in [4.69, 9.17) is 0 Å². The maximum atomic E-state index is 11.8. The fourth-order valence-electron chi connectivity index (χ4n) is 7.44. The molecular weight excluding hydrogens is 764 g/mol. The molecule has 0 nitrogen and oxygen atoms in total. The smallest absolute Gasteiger partial charge is 1.00 e. The standard InChI is InChI=1S/C25H25.C10H17Si.C7H4F3.CH2.2ClH.Zr/c1-14-12-24(3,4)22-8-16-7-17-9-23-19(15(2)13-25(23,5)6)11-21(17)20(16)10-18(14)22;1-8-6-9(2)10(7-8)11(3,4)5;8-7(9,10)6-4-2-1-3-5-6;;;;/h7-13H,1-6H3;7-8H,1-5H3;2-5H;1H2;2*1H;/q3*-1;;;;+2/p-2. The van der Waals surface area contributed by atoms with E-state index >= 15 is 0 Å². The zero-order valence-corrected chi connectivity index (χ0v) is 36.1. The molecule has 0 radical (unpaired) electrons. The predicted molar refractivity (Wildman–Crippen MR) is 201 cm³/mol. The van der Waals surface area contributed by atoms with E-state index in [2.05, 4.69) is 140 Å². The molecule has 0 saturated heterocycles. The number of hydrogen-bond acceptors (Lipinski definition) is 0. The van der Waals surface area contributed by atoms with Crippen molar-refractivity contribution < 1.29 is 62.2 Å². The molecule has 0 aromatic heterocycles. The summed E-state index contributed by atoms with van der Waals surface area (Å²) in [5, 5.41) is 7.17. The molecule has 50 heavy (non-hydrogen) atoms. The Balaban J connectivity index is 0.000000291. The van der Waals surface area contributed by atoms with Crippen LogP contribution in [0.15, 0.2) is 83.6 Å². The Bertz CT molecular complexity index is 1880. The molecule has 7 heteroatoms. The second-order valence-corrected chi connectivity index (χ2v) is 20.4. The molecule has 0 bridgehead atoms. The summed E-state index contributed by atoms with van der Waals surface area (Å²) < 4.78 is 38.7. The van der Waals surface area contributed by atoms with E-state index in [-0.39, 0.29) is 35.6 Å². The van der Waals surface area contributed by atoms with Crippen molar-refractivity contribution in [2.24, 2.45) is 5.92 Å². The quantitative estimate of drug-likeness (QED) is 0.147. The molecule has 0 spiro atoms. The maximum Gasteiger partial charge on any atom is -1.00 e. The van der Waals surface area contributed by atoms with Gasteiger partial charge in [0.15, 0.2) is 0 Å². The van der Waals surface area contributed by atoms with Crippen molar-refractivity contribution in [3.63, 3.8) is 0 Å². The molecule has 7 rings (SSSR count). The van der Waals surface area contributed by atoms with Crippen LogP contribution in [0.25, 0.3) is 32.7 Å². The number of benzene rings is 3. The topological polar surface area (TPSA) is 0 Å². The van der Waals surface area contributed by atoms with Crippen LogP contribution in [-0.2, 0) is 41.2 Å². The van der Waals surface area contributed by atoms with Crippen LogP contribution in [0.2, 0.25) is 19.6 Å². The number of hydrogen-bond donors (Lipinski definition) is 0. The van der Waals surface area contributed by atoms with E-state index < -0.39 is 19.8 Å². The van der Waals surface area contributed by atoms with Crippen LogP contribution in [0.3, 0.4) is 0 Å². The zero-order valence-electron chi connectivity index (χ0n) is 31.1. The number of alkyl halides is 3. The van der Waals surface area contributed by atoms with Gasteiger partial charge in [-0.1, -0.05) is 108 Å². The third kappa shape index (κ3) is 9.24. The number of rotatable bonds is 1. The molecule has 4 aromatic rings. The van der Waals surface area contributed by atoms with Crippen molar-refractivity contribution in [3.8, 4) is 0 Å². The van der Waals surface area contributed by atoms with Crippen molar-refractivity contribution in [1.29, 1.82) is 0 Å². The first-order valence-electron chi connectivity index (χ1n) is 16.5. The van der Waals surface area contributed by atoms with E-state index in [1.165, 1.54) is 96.9 Å². The largest absolute Gasteiger partial charge is 1.00 e. The van der Waals surface area contributed by atoms with Crippen LogP contribution in [0.5, 0.6) is 0 Å². The Kier molecular flexibility index (Phi) is 14.3. The molecule has 3 aliphatic carbocycles. The van der Waals surface area contributed by atoms with Crippen molar-refractivity contribution in [2.45, 2.75) is 92.0 Å². The second kappa shape index (κ2) is 16.2. The van der Waals surface area contributed by atoms with Gasteiger partial charge in [0.2, 0.25) is 0 Å². The SMILES string of the molecule is CC1=CC(C)(C)c2cc3[cH-]c4cc5c(cc4c3cc21)C(C)=CC5(C)C.CC1=[C-]C(C)C=C1[Si](C)(C)C.FC(F)(F)c1cc[c-]cc1.[CH2]=[Zr+2].[Cl-].[Cl-]. The monoisotopic (exact) mass is 809 g/mol. The fourth-order valence-corrected chi connectivity index (χ4v) is 9.39. The molecule has 4 aromatic carbocycles. The molecule has 0 heterocycles. The Hall–Kier alpha value is -2.17. The Morgan fingerprint density at radius 3 is 1.50 bits per heavy atom. The third-order valence-corrected chi connectivity index (χ3v) is 11.6. The van der Waals surface area contributed by atoms with Gasteiger partial charge in [-0.15, -0.1) is 39.7 Å². The minimum Gasteiger partial charge on any atom is -1.00 e. The average molecular weight is 812 g/mol. The summed E-state index contributed by atoms with van der Waals surface area (Å²) in [6.45, 7) is 25.3. The summed E-state index contributed by atoms with van der Waals surface area (Å²) >= 11 is 1.30. The van der Waals surface area contributed by atoms with Gasteiger partial charge >= 0.3 is 34.6 Å². The van der Waals surface area contributed by atoms with E-state index in [9.17, 15) is 13.2 Å². The van der Waals surface area contributed by atoms with E-state index in [1.807, 2.05) is 0 Å². The van der Waals surface area contributed by atoms with Crippen molar-refractivity contribution in [1.82, 2.24) is 0 Å². The van der Waals surface area contributed by atoms with Gasteiger partial charge in [0.05, 0.1) is 0 Å². The van der Waals surface area contributed by atoms with Gasteiger partial charge in [-0.2, -0.15) is 49.6 Å². The van der Waals surface area contributed by atoms with Crippen LogP contribution in [0.1, 0.15) is 83.2 Å². The van der Waals surface area contributed by atoms with Gasteiger partial charge in [0.1, 0.15) is 0 Å². The van der Waals surface area contributed by atoms with E-state index in [1.54, 1.807) is 5.20 Å². The van der Waals surface area contributed by atoms with Crippen molar-refractivity contribution in [2.75, 3.05) is 0 Å². The van der Waals surface area contributed by atoms with Crippen LogP contribution < -0.4 is 24.8 Å². The molecule has 266 valence electrons. The van der Waals surface area contributed by atoms with Crippen LogP contribution in [0.4, 0.5) is 13.2 Å². The fraction of sp³-hybridized carbons (Fsp3) is 0.349. The normalized spacial score (nSPS) is 17.9. The minimum absolute atomic E-state index is 0. The van der Waals surface area contributed by atoms with Crippen LogP contribution >= 0.6 is 0 Å². The van der Waals surface area contributed by atoms with Gasteiger partial charge in [-0.05, 0) is 44.2 Å². The Labute approximate surface area is 326 Å². The molecule has 0 amide bonds. The molecule has 3 aliphatic rings. The third-order valence-electron chi connectivity index (χ3n) is 9.49. The van der Waals surface area contributed by atoms with Crippen LogP contribution in [0, 0.1) is 18.1 Å². The molecule has 1 atom stereocenters. The Morgan fingerprint density at radius 1 is 0.780 bits per heavy atom. The van der Waals surface area contributed by atoms with Gasteiger partial charge in [-0.25, -0.2) is 10.8 Å². The molecule has 0 N–H and O–H groups in total. The van der Waals surface area contributed by atoms with Crippen molar-refractivity contribution in [3.05, 3.63) is 124 Å². The molecule has 0 aliphatic heterocycles. The first kappa shape index (κ1) is 44.0. The van der Waals surface area contributed by atoms with Gasteiger partial charge < -0.3 is 24.8 Å². The number of fused-ring (bicyclic) bond motifs is 5. The van der Waals surface area contributed by atoms with Gasteiger partial charge in [0.25, 0.3) is 0 Å². The summed E-state index contributed by atoms with van der Waals surface area (Å²) in [5.41, 5.74) is 9.66. The molecule has 1 unspecified atom stereocenters. The predicted octanol–water partition coefficient (Wildman–Crippen LogP) is 6.77. The molecule has 0 fully saturated rings. The maximum absolute atomic E-state index is 11.8. The zero-order chi connectivity index (χ0) is 36.0. The summed E-state index contributed by atoms with van der Waals surface area (Å²) in [4.78, 5) is 0. The summed E-state index contributed by atoms with van der Waals surface area (Å²) in [6.07, 6.45) is 6.40. The summed E-state index contributed by atoms with van der Waals surface area (Å²) in [5.74, 6) is 0.553. The van der Waals surface area contributed by atoms with Gasteiger partial charge in [-0.3, -0.25) is 6.08 Å². The second-order valence-electron chi connectivity index (χ2n) is 15.4. The molecule has 0 saturated carbocycles. The first-order valence-corrected chi connectivity index (χ1v) is 21.8. The Morgan fingerprint density at radius 2 is 1.20 bits per heavy atom. The first-order chi connectivity index (χ1) is 22.2. The average Bonchev–Trinajstić information content (AvgIpc) is 3.67. The molecular formula is C43H48Cl2F3SiZr-3. The summed E-state index contributed by atoms with van der Waals surface area (Å²) in [7, 11) is -1.07. The van der Waals surface area contributed by atoms with Gasteiger partial charge in [0, 0.05) is 10.8 Å². The van der Waals surface area contributed by atoms with E-state index in [0.29, 0.717) is 5.92 Å². The number of allylic oxidation sites excluding steroid dienone is 8. The number of halogens is 5. The van der Waals surface area contributed by atoms with E-state index in [0.717, 1.165) is 12.1 Å². The minimum atomic E-state index is -4.23. The summed E-state index contributed by atoms with van der Waals surface area (Å²) in [6, 6.07) is 19.1. The van der Waals surface area contributed by atoms with Crippen molar-refractivity contribution >= 4 is 45.0 Å².